The van der Waals surface area contributed by atoms with Crippen LogP contribution in [0.15, 0.2) is 12.1 Å². The van der Waals surface area contributed by atoms with E-state index in [0.29, 0.717) is 0 Å². The second-order valence-corrected chi connectivity index (χ2v) is 3.38. The van der Waals surface area contributed by atoms with Crippen LogP contribution in [0.3, 0.4) is 0 Å². The van der Waals surface area contributed by atoms with Crippen molar-refractivity contribution in [1.29, 1.82) is 0 Å². The van der Waals surface area contributed by atoms with Crippen LogP contribution in [0, 0.1) is 11.6 Å². The maximum absolute atomic E-state index is 13.3. The fourth-order valence-corrected chi connectivity index (χ4v) is 1.15. The molecular formula is C10H9F4NO3. The fourth-order valence-electron chi connectivity index (χ4n) is 1.15. The molecule has 0 aliphatic rings. The van der Waals surface area contributed by atoms with Crippen LogP contribution in [-0.4, -0.2) is 35.3 Å². The summed E-state index contributed by atoms with van der Waals surface area (Å²) >= 11 is 0. The maximum atomic E-state index is 13.3. The molecule has 0 saturated heterocycles. The zero-order chi connectivity index (χ0) is 13.9. The number of carboxylic acid groups (broad SMARTS) is 1. The van der Waals surface area contributed by atoms with Gasteiger partial charge in [-0.3, -0.25) is 0 Å². The van der Waals surface area contributed by atoms with E-state index in [1.165, 1.54) is 0 Å². The lowest BCUT2D eigenvalue weighted by Crippen LogP contribution is -2.27. The molecule has 0 radical (unpaired) electrons. The number of benzene rings is 1. The Morgan fingerprint density at radius 2 is 1.89 bits per heavy atom. The van der Waals surface area contributed by atoms with Gasteiger partial charge in [0.1, 0.15) is 6.10 Å². The third kappa shape index (κ3) is 3.10. The lowest BCUT2D eigenvalue weighted by molar-refractivity contribution is 0.00381. The molecule has 1 rings (SSSR count). The number of aliphatic hydroxyl groups is 1. The molecule has 1 unspecified atom stereocenters. The van der Waals surface area contributed by atoms with Crippen LogP contribution >= 0.6 is 0 Å². The Morgan fingerprint density at radius 3 is 2.39 bits per heavy atom. The Labute approximate surface area is 98.9 Å². The van der Waals surface area contributed by atoms with Crippen LogP contribution in [-0.2, 0) is 0 Å². The fraction of sp³-hybridized carbons (Fsp3) is 0.300. The molecule has 0 aromatic heterocycles. The number of rotatable bonds is 5. The number of carboxylic acids is 1. The van der Waals surface area contributed by atoms with Crippen LogP contribution in [0.5, 0.6) is 0 Å². The average Bonchev–Trinajstić information content (AvgIpc) is 2.30. The molecule has 1 aromatic carbocycles. The van der Waals surface area contributed by atoms with E-state index in [2.05, 4.69) is 5.32 Å². The minimum absolute atomic E-state index is 0.503. The Kier molecular flexibility index (Phi) is 4.49. The van der Waals surface area contributed by atoms with E-state index in [0.717, 1.165) is 12.1 Å². The Hall–Kier alpha value is -1.83. The van der Waals surface area contributed by atoms with E-state index in [-0.39, 0.29) is 0 Å². The summed E-state index contributed by atoms with van der Waals surface area (Å²) in [7, 11) is 0. The van der Waals surface area contributed by atoms with Crippen LogP contribution in [0.2, 0.25) is 0 Å². The summed E-state index contributed by atoms with van der Waals surface area (Å²) in [5, 5.41) is 19.3. The molecule has 8 heteroatoms. The minimum atomic E-state index is -3.02. The number of aromatic carboxylic acids is 1. The molecule has 0 amide bonds. The molecule has 1 atom stereocenters. The first-order valence-corrected chi connectivity index (χ1v) is 4.76. The number of carbonyl (C=O) groups is 1. The van der Waals surface area contributed by atoms with Crippen molar-refractivity contribution in [1.82, 2.24) is 0 Å². The standard InChI is InChI=1S/C10H9F4NO3/c11-7-4(10(17)18)1-2-5(8(7)12)15-3-6(16)9(13)14/h1-2,6,9,15-16H,3H2,(H,17,18). The highest BCUT2D eigenvalue weighted by Gasteiger charge is 2.20. The van der Waals surface area contributed by atoms with E-state index < -0.39 is 47.9 Å². The van der Waals surface area contributed by atoms with Crippen molar-refractivity contribution in [2.75, 3.05) is 11.9 Å². The van der Waals surface area contributed by atoms with Gasteiger partial charge < -0.3 is 15.5 Å². The van der Waals surface area contributed by atoms with Gasteiger partial charge >= 0.3 is 5.97 Å². The van der Waals surface area contributed by atoms with Crippen LogP contribution in [0.4, 0.5) is 23.2 Å². The van der Waals surface area contributed by atoms with E-state index >= 15 is 0 Å². The summed E-state index contributed by atoms with van der Waals surface area (Å²) in [6, 6.07) is 1.68. The molecule has 18 heavy (non-hydrogen) atoms. The molecule has 0 saturated carbocycles. The molecule has 4 nitrogen and oxygen atoms in total. The largest absolute Gasteiger partial charge is 0.478 e. The third-order valence-electron chi connectivity index (χ3n) is 2.11. The predicted molar refractivity (Wildman–Crippen MR) is 53.8 cm³/mol. The number of hydrogen-bond donors (Lipinski definition) is 3. The van der Waals surface area contributed by atoms with Gasteiger partial charge in [-0.25, -0.2) is 22.4 Å². The molecule has 0 heterocycles. The van der Waals surface area contributed by atoms with Gasteiger partial charge in [0.15, 0.2) is 11.6 Å². The molecule has 0 spiro atoms. The number of halogens is 4. The molecule has 0 fully saturated rings. The van der Waals surface area contributed by atoms with Gasteiger partial charge in [0.05, 0.1) is 11.3 Å². The second kappa shape index (κ2) is 5.67. The minimum Gasteiger partial charge on any atom is -0.478 e. The molecule has 100 valence electrons. The van der Waals surface area contributed by atoms with E-state index in [4.69, 9.17) is 10.2 Å². The topological polar surface area (TPSA) is 69.6 Å². The van der Waals surface area contributed by atoms with Crippen molar-refractivity contribution in [3.8, 4) is 0 Å². The van der Waals surface area contributed by atoms with Gasteiger partial charge in [0, 0.05) is 6.54 Å². The first-order valence-electron chi connectivity index (χ1n) is 4.76. The van der Waals surface area contributed by atoms with Crippen molar-refractivity contribution >= 4 is 11.7 Å². The number of nitrogens with one attached hydrogen (secondary N) is 1. The molecule has 0 aliphatic carbocycles. The number of aliphatic hydroxyl groups excluding tert-OH is 1. The monoisotopic (exact) mass is 267 g/mol. The highest BCUT2D eigenvalue weighted by Crippen LogP contribution is 2.20. The summed E-state index contributed by atoms with van der Waals surface area (Å²) < 4.78 is 50.4. The van der Waals surface area contributed by atoms with Gasteiger partial charge in [-0.05, 0) is 12.1 Å². The van der Waals surface area contributed by atoms with Crippen molar-refractivity contribution in [2.45, 2.75) is 12.5 Å². The smallest absolute Gasteiger partial charge is 0.338 e. The lowest BCUT2D eigenvalue weighted by Gasteiger charge is -2.13. The zero-order valence-corrected chi connectivity index (χ0v) is 8.83. The number of anilines is 1. The molecule has 1 aromatic rings. The van der Waals surface area contributed by atoms with Crippen LogP contribution < -0.4 is 5.32 Å². The Balaban J connectivity index is 2.86. The second-order valence-electron chi connectivity index (χ2n) is 3.38. The quantitative estimate of drug-likeness (QED) is 0.710. The summed E-state index contributed by atoms with van der Waals surface area (Å²) in [5.41, 5.74) is -1.37. The van der Waals surface area contributed by atoms with E-state index in [1.807, 2.05) is 0 Å². The highest BCUT2D eigenvalue weighted by molar-refractivity contribution is 5.88. The van der Waals surface area contributed by atoms with Gasteiger partial charge in [-0.2, -0.15) is 0 Å². The summed E-state index contributed by atoms with van der Waals surface area (Å²) in [6.07, 6.45) is -5.06. The van der Waals surface area contributed by atoms with Crippen LogP contribution in [0.25, 0.3) is 0 Å². The first-order chi connectivity index (χ1) is 8.34. The number of hydrogen-bond acceptors (Lipinski definition) is 3. The SMILES string of the molecule is O=C(O)c1ccc(NCC(O)C(F)F)c(F)c1F. The first kappa shape index (κ1) is 14.2. The predicted octanol–water partition coefficient (Wildman–Crippen LogP) is 1.70. The molecule has 0 bridgehead atoms. The van der Waals surface area contributed by atoms with Crippen molar-refractivity contribution in [3.05, 3.63) is 29.3 Å². The molecule has 0 aliphatic heterocycles. The van der Waals surface area contributed by atoms with Gasteiger partial charge in [-0.1, -0.05) is 0 Å². The van der Waals surface area contributed by atoms with E-state index in [9.17, 15) is 22.4 Å². The summed E-state index contributed by atoms with van der Waals surface area (Å²) in [5.74, 6) is -4.75. The Morgan fingerprint density at radius 1 is 1.28 bits per heavy atom. The molecular weight excluding hydrogens is 258 g/mol. The maximum Gasteiger partial charge on any atom is 0.338 e. The Bertz CT molecular complexity index is 453. The average molecular weight is 267 g/mol. The van der Waals surface area contributed by atoms with Gasteiger partial charge in [-0.15, -0.1) is 0 Å². The van der Waals surface area contributed by atoms with Crippen molar-refractivity contribution < 1.29 is 32.6 Å². The summed E-state index contributed by atoms with van der Waals surface area (Å²) in [6.45, 7) is -0.694. The lowest BCUT2D eigenvalue weighted by atomic mass is 10.1. The van der Waals surface area contributed by atoms with E-state index in [1.54, 1.807) is 0 Å². The van der Waals surface area contributed by atoms with Gasteiger partial charge in [0.25, 0.3) is 6.43 Å². The summed E-state index contributed by atoms with van der Waals surface area (Å²) in [4.78, 5) is 10.5. The van der Waals surface area contributed by atoms with Crippen molar-refractivity contribution in [2.24, 2.45) is 0 Å². The third-order valence-corrected chi connectivity index (χ3v) is 2.11. The molecule has 3 N–H and O–H groups in total. The number of alkyl halides is 2. The van der Waals surface area contributed by atoms with Crippen molar-refractivity contribution in [3.63, 3.8) is 0 Å². The highest BCUT2D eigenvalue weighted by atomic mass is 19.3. The zero-order valence-electron chi connectivity index (χ0n) is 8.83. The van der Waals surface area contributed by atoms with Crippen LogP contribution in [0.1, 0.15) is 10.4 Å². The normalized spacial score (nSPS) is 12.6. The van der Waals surface area contributed by atoms with Gasteiger partial charge in [0.2, 0.25) is 0 Å².